The van der Waals surface area contributed by atoms with Crippen molar-refractivity contribution in [1.82, 2.24) is 19.6 Å². The largest absolute Gasteiger partial charge is 0.496 e. The molecule has 0 saturated heterocycles. The number of nitrogens with zero attached hydrogens (tertiary/aromatic N) is 5. The fraction of sp³-hybridized carbons (Fsp3) is 0.111. The molecule has 0 aliphatic rings. The van der Waals surface area contributed by atoms with E-state index in [9.17, 15) is 28.1 Å². The second kappa shape index (κ2) is 7.88. The number of alkyl halides is 3. The highest BCUT2D eigenvalue weighted by atomic mass is 32.1. The van der Waals surface area contributed by atoms with Gasteiger partial charge in [0.15, 0.2) is 5.69 Å². The highest BCUT2D eigenvalue weighted by Gasteiger charge is 2.36. The lowest BCUT2D eigenvalue weighted by atomic mass is 10.2. The van der Waals surface area contributed by atoms with Crippen molar-refractivity contribution in [3.05, 3.63) is 63.4 Å². The summed E-state index contributed by atoms with van der Waals surface area (Å²) in [5.74, 6) is -1.91. The minimum Gasteiger partial charge on any atom is -0.496 e. The summed E-state index contributed by atoms with van der Waals surface area (Å²) >= 11 is 1.19. The van der Waals surface area contributed by atoms with Gasteiger partial charge in [-0.25, -0.2) is 4.98 Å². The molecule has 1 amide bonds. The third-order valence-electron chi connectivity index (χ3n) is 4.17. The van der Waals surface area contributed by atoms with E-state index in [0.717, 1.165) is 18.2 Å². The van der Waals surface area contributed by atoms with Crippen LogP contribution in [0.1, 0.15) is 16.3 Å². The molecule has 0 aliphatic heterocycles. The highest BCUT2D eigenvalue weighted by Crippen LogP contribution is 2.33. The summed E-state index contributed by atoms with van der Waals surface area (Å²) in [6.07, 6.45) is -4.79. The van der Waals surface area contributed by atoms with E-state index in [2.05, 4.69) is 20.4 Å². The number of benzene rings is 1. The van der Waals surface area contributed by atoms with Gasteiger partial charge < -0.3 is 10.1 Å². The Labute approximate surface area is 180 Å². The lowest BCUT2D eigenvalue weighted by Crippen LogP contribution is -2.16. The van der Waals surface area contributed by atoms with Crippen LogP contribution < -0.4 is 10.1 Å². The predicted molar refractivity (Wildman–Crippen MR) is 107 cm³/mol. The molecule has 0 spiro atoms. The predicted octanol–water partition coefficient (Wildman–Crippen LogP) is 4.04. The van der Waals surface area contributed by atoms with Gasteiger partial charge in [-0.1, -0.05) is 6.07 Å². The van der Waals surface area contributed by atoms with Crippen LogP contribution in [0.4, 0.5) is 24.5 Å². The smallest absolute Gasteiger partial charge is 0.433 e. The highest BCUT2D eigenvalue weighted by molar-refractivity contribution is 7.13. The van der Waals surface area contributed by atoms with Gasteiger partial charge in [-0.2, -0.15) is 22.7 Å². The van der Waals surface area contributed by atoms with Crippen molar-refractivity contribution in [3.63, 3.8) is 0 Å². The van der Waals surface area contributed by atoms with Crippen LogP contribution in [0.2, 0.25) is 0 Å². The quantitative estimate of drug-likeness (QED) is 0.349. The monoisotopic (exact) mass is 464 g/mol. The van der Waals surface area contributed by atoms with E-state index in [4.69, 9.17) is 4.74 Å². The number of amides is 1. The number of carbonyl (C=O) groups excluding carboxylic acids is 1. The lowest BCUT2D eigenvalue weighted by Gasteiger charge is -2.09. The van der Waals surface area contributed by atoms with Crippen LogP contribution in [-0.2, 0) is 6.18 Å². The Morgan fingerprint density at radius 2 is 2.03 bits per heavy atom. The third-order valence-corrected chi connectivity index (χ3v) is 5.07. The van der Waals surface area contributed by atoms with Crippen LogP contribution in [0.15, 0.2) is 41.8 Å². The number of ether oxygens (including phenoxy) is 1. The Balaban J connectivity index is 1.75. The second-order valence-electron chi connectivity index (χ2n) is 6.28. The minimum atomic E-state index is -4.79. The van der Waals surface area contributed by atoms with Crippen LogP contribution in [0.25, 0.3) is 16.3 Å². The fourth-order valence-corrected chi connectivity index (χ4v) is 3.47. The zero-order chi connectivity index (χ0) is 23.0. The molecule has 0 aliphatic carbocycles. The van der Waals surface area contributed by atoms with Crippen molar-refractivity contribution in [2.75, 3.05) is 12.4 Å². The fourth-order valence-electron chi connectivity index (χ4n) is 2.78. The van der Waals surface area contributed by atoms with Gasteiger partial charge in [0.1, 0.15) is 5.75 Å². The van der Waals surface area contributed by atoms with E-state index in [1.807, 2.05) is 0 Å². The first-order valence-corrected chi connectivity index (χ1v) is 9.57. The molecule has 4 aromatic rings. The van der Waals surface area contributed by atoms with Crippen molar-refractivity contribution in [1.29, 1.82) is 0 Å². The number of aromatic nitrogens is 4. The molecule has 0 atom stereocenters. The van der Waals surface area contributed by atoms with Gasteiger partial charge in [-0.15, -0.1) is 16.4 Å². The third kappa shape index (κ3) is 4.07. The van der Waals surface area contributed by atoms with Crippen molar-refractivity contribution >= 4 is 34.4 Å². The van der Waals surface area contributed by atoms with E-state index in [1.54, 1.807) is 17.5 Å². The number of halogens is 3. The van der Waals surface area contributed by atoms with Gasteiger partial charge in [0.2, 0.25) is 5.82 Å². The van der Waals surface area contributed by atoms with E-state index in [1.165, 1.54) is 24.5 Å². The zero-order valence-corrected chi connectivity index (χ0v) is 16.8. The molecule has 1 aromatic carbocycles. The Hall–Kier alpha value is -4.07. The molecule has 0 fully saturated rings. The van der Waals surface area contributed by atoms with Gasteiger partial charge in [0.05, 0.1) is 34.4 Å². The van der Waals surface area contributed by atoms with E-state index < -0.39 is 34.3 Å². The number of fused-ring (bicyclic) bond motifs is 1. The molecule has 0 radical (unpaired) electrons. The molecular weight excluding hydrogens is 453 g/mol. The van der Waals surface area contributed by atoms with Crippen molar-refractivity contribution in [2.45, 2.75) is 6.18 Å². The van der Waals surface area contributed by atoms with Gasteiger partial charge in [-0.05, 0) is 17.5 Å². The first kappa shape index (κ1) is 21.2. The molecule has 1 N–H and O–H groups in total. The number of nitrogens with one attached hydrogen (secondary N) is 1. The normalized spacial score (nSPS) is 11.5. The van der Waals surface area contributed by atoms with E-state index >= 15 is 0 Å². The molecule has 14 heteroatoms. The first-order chi connectivity index (χ1) is 15.2. The Morgan fingerprint density at radius 1 is 1.25 bits per heavy atom. The lowest BCUT2D eigenvalue weighted by molar-refractivity contribution is -0.384. The molecule has 3 heterocycles. The average molecular weight is 464 g/mol. The van der Waals surface area contributed by atoms with Crippen molar-refractivity contribution in [2.24, 2.45) is 0 Å². The maximum absolute atomic E-state index is 13.6. The summed E-state index contributed by atoms with van der Waals surface area (Å²) in [5.41, 5.74) is -1.51. The Kier molecular flexibility index (Phi) is 5.22. The van der Waals surface area contributed by atoms with Crippen LogP contribution in [0, 0.1) is 10.1 Å². The van der Waals surface area contributed by atoms with Crippen molar-refractivity contribution < 1.29 is 27.6 Å². The van der Waals surface area contributed by atoms with Crippen LogP contribution in [0.5, 0.6) is 5.75 Å². The molecule has 3 aromatic heterocycles. The maximum atomic E-state index is 13.6. The van der Waals surface area contributed by atoms with Gasteiger partial charge in [0.25, 0.3) is 17.4 Å². The Bertz CT molecular complexity index is 1340. The van der Waals surface area contributed by atoms with Gasteiger partial charge in [-0.3, -0.25) is 14.9 Å². The molecule has 0 bridgehead atoms. The number of anilines is 1. The average Bonchev–Trinajstić information content (AvgIpc) is 3.41. The van der Waals surface area contributed by atoms with E-state index in [-0.39, 0.29) is 22.8 Å². The summed E-state index contributed by atoms with van der Waals surface area (Å²) in [5, 5.41) is 18.7. The molecule has 0 saturated carbocycles. The number of nitro groups is 1. The first-order valence-electron chi connectivity index (χ1n) is 8.69. The standard InChI is InChI=1S/C18H11F3N6O4S/c1-31-11-6-9(5-10(7-11)27(29)30)22-16(28)15-24-17-23-12(13-3-2-4-32-13)8-14(18(19,20)21)26(17)25-15/h2-8H,1H3,(H,22,28). The summed E-state index contributed by atoms with van der Waals surface area (Å²) in [6, 6.07) is 7.59. The second-order valence-corrected chi connectivity index (χ2v) is 7.23. The molecule has 10 nitrogen and oxygen atoms in total. The molecule has 32 heavy (non-hydrogen) atoms. The summed E-state index contributed by atoms with van der Waals surface area (Å²) in [6.45, 7) is 0. The summed E-state index contributed by atoms with van der Waals surface area (Å²) in [7, 11) is 1.28. The van der Waals surface area contributed by atoms with Crippen LogP contribution in [0.3, 0.4) is 0 Å². The van der Waals surface area contributed by atoms with Crippen LogP contribution in [-0.4, -0.2) is 37.5 Å². The molecule has 4 rings (SSSR count). The summed E-state index contributed by atoms with van der Waals surface area (Å²) < 4.78 is 46.2. The molecule has 0 unspecified atom stereocenters. The zero-order valence-electron chi connectivity index (χ0n) is 16.0. The molecular formula is C18H11F3N6O4S. The number of rotatable bonds is 5. The number of hydrogen-bond acceptors (Lipinski definition) is 8. The SMILES string of the molecule is COc1cc(NC(=O)c2nc3nc(-c4cccs4)cc(C(F)(F)F)n3n2)cc([N+](=O)[O-])c1. The number of non-ortho nitro benzene ring substituents is 1. The summed E-state index contributed by atoms with van der Waals surface area (Å²) in [4.78, 5) is 31.3. The van der Waals surface area contributed by atoms with Gasteiger partial charge >= 0.3 is 6.18 Å². The maximum Gasteiger partial charge on any atom is 0.433 e. The van der Waals surface area contributed by atoms with Gasteiger partial charge in [0, 0.05) is 12.1 Å². The molecule has 164 valence electrons. The number of thiophene rings is 1. The Morgan fingerprint density at radius 3 is 2.66 bits per heavy atom. The number of hydrogen-bond donors (Lipinski definition) is 1. The van der Waals surface area contributed by atoms with E-state index in [0.29, 0.717) is 9.39 Å². The minimum absolute atomic E-state index is 0.0248. The van der Waals surface area contributed by atoms with Crippen LogP contribution >= 0.6 is 11.3 Å². The van der Waals surface area contributed by atoms with Crippen molar-refractivity contribution in [3.8, 4) is 16.3 Å². The number of nitro benzene ring substituents is 1. The number of carbonyl (C=O) groups is 1. The number of methoxy groups -OCH3 is 1. The topological polar surface area (TPSA) is 125 Å².